The van der Waals surface area contributed by atoms with Crippen LogP contribution in [0.15, 0.2) is 36.4 Å². The Morgan fingerprint density at radius 3 is 1.19 bits per heavy atom. The first-order valence-electron chi connectivity index (χ1n) is 5.69. The number of pyridine rings is 2. The third kappa shape index (κ3) is 5.40. The molecule has 0 unspecified atom stereocenters. The van der Waals surface area contributed by atoms with E-state index in [0.717, 1.165) is 0 Å². The second-order valence-corrected chi connectivity index (χ2v) is 4.18. The first-order valence-corrected chi connectivity index (χ1v) is 5.69. The summed E-state index contributed by atoms with van der Waals surface area (Å²) < 4.78 is 0. The number of rotatable bonds is 2. The van der Waals surface area contributed by atoms with Gasteiger partial charge in [-0.15, -0.1) is 0 Å². The zero-order valence-electron chi connectivity index (χ0n) is 13.0. The van der Waals surface area contributed by atoms with Crippen molar-refractivity contribution in [2.45, 2.75) is 0 Å². The molecular weight excluding hydrogens is 399 g/mol. The summed E-state index contributed by atoms with van der Waals surface area (Å²) in [5, 5.41) is 23.0. The number of carboxylic acid groups (broad SMARTS) is 2. The van der Waals surface area contributed by atoms with Crippen LogP contribution >= 0.6 is 0 Å². The minimum absolute atomic E-state index is 0. The van der Waals surface area contributed by atoms with Gasteiger partial charge in [-0.25, -0.2) is 9.97 Å². The van der Waals surface area contributed by atoms with Gasteiger partial charge in [0.25, 0.3) is 0 Å². The van der Waals surface area contributed by atoms with E-state index in [1.54, 1.807) is 24.3 Å². The minimum atomic E-state index is -1.40. The van der Waals surface area contributed by atoms with Gasteiger partial charge in [0.15, 0.2) is 0 Å². The van der Waals surface area contributed by atoms with Gasteiger partial charge in [-0.2, -0.15) is 0 Å². The molecule has 1 radical (unpaired) electrons. The predicted molar refractivity (Wildman–Crippen MR) is 86.3 cm³/mol. The summed E-state index contributed by atoms with van der Waals surface area (Å²) in [6, 6.07) is 9.30. The molecule has 0 aliphatic rings. The largest absolute Gasteiger partial charge is 0.543 e. The van der Waals surface area contributed by atoms with E-state index in [4.69, 9.17) is 0 Å². The monoisotopic (exact) mass is 417 g/mol. The van der Waals surface area contributed by atoms with Crippen LogP contribution in [0.4, 0.5) is 0 Å². The van der Waals surface area contributed by atoms with E-state index in [1.807, 2.05) is 0 Å². The Hall–Kier alpha value is -2.71. The van der Waals surface area contributed by atoms with Crippen LogP contribution in [0.25, 0.3) is 21.8 Å². The van der Waals surface area contributed by atoms with Gasteiger partial charge in [0, 0.05) is 27.6 Å². The molecule has 0 fully saturated rings. The fourth-order valence-electron chi connectivity index (χ4n) is 2.00. The molecule has 0 aliphatic heterocycles. The van der Waals surface area contributed by atoms with Crippen LogP contribution in [-0.2, 0) is 27.7 Å². The SMILES string of the molecule is O.O.O.O=C([O-])c1ccc2ccc3ccc(C(=O)[O-])nc3c2n1.[Co].[OH3+].[OH3+]. The standard InChI is InChI=1S/C14H8N2O4.Co.5H2O/c17-13(18)9-5-3-7-1-2-8-4-6-10(14(19)20)16-12(8)11(7)15-9;;;;;;/h1-6H,(H,17,18)(H,19,20);;5*1H2. The zero-order valence-corrected chi connectivity index (χ0v) is 14.0. The smallest absolute Gasteiger partial charge is 0.0972 e. The number of aromatic carboxylic acids is 2. The summed E-state index contributed by atoms with van der Waals surface area (Å²) in [7, 11) is 0. The molecule has 0 bridgehead atoms. The van der Waals surface area contributed by atoms with Gasteiger partial charge >= 0.3 is 0 Å². The number of carbonyl (C=O) groups excluding carboxylic acids is 2. The van der Waals surface area contributed by atoms with Crippen molar-refractivity contribution in [2.75, 3.05) is 0 Å². The molecule has 3 rings (SSSR count). The first-order chi connectivity index (χ1) is 9.56. The zero-order chi connectivity index (χ0) is 14.3. The van der Waals surface area contributed by atoms with Crippen LogP contribution < -0.4 is 10.2 Å². The molecule has 12 N–H and O–H groups in total. The molecule has 2 aromatic heterocycles. The Morgan fingerprint density at radius 1 is 0.654 bits per heavy atom. The van der Waals surface area contributed by atoms with Crippen LogP contribution in [0.5, 0.6) is 0 Å². The normalized spacial score (nSPS) is 8.31. The number of hydrogen-bond donors (Lipinski definition) is 0. The third-order valence-electron chi connectivity index (χ3n) is 2.94. The second kappa shape index (κ2) is 11.8. The molecule has 11 nitrogen and oxygen atoms in total. The average Bonchev–Trinajstić information content (AvgIpc) is 2.45. The van der Waals surface area contributed by atoms with Crippen LogP contribution in [0.2, 0.25) is 0 Å². The maximum atomic E-state index is 10.9. The van der Waals surface area contributed by atoms with Gasteiger partial charge in [0.05, 0.1) is 34.4 Å². The van der Waals surface area contributed by atoms with E-state index in [9.17, 15) is 19.8 Å². The van der Waals surface area contributed by atoms with E-state index in [1.165, 1.54) is 12.1 Å². The molecule has 0 spiro atoms. The fourth-order valence-corrected chi connectivity index (χ4v) is 2.00. The molecular formula is C14H18CoN2O9. The summed E-state index contributed by atoms with van der Waals surface area (Å²) in [5.41, 5.74) is 0.163. The molecule has 147 valence electrons. The number of fused-ring (bicyclic) bond motifs is 3. The number of aromatic nitrogens is 2. The topological polar surface area (TPSA) is 267 Å². The molecule has 0 saturated carbocycles. The number of carbonyl (C=O) groups is 2. The van der Waals surface area contributed by atoms with Gasteiger partial charge < -0.3 is 47.2 Å². The van der Waals surface area contributed by atoms with Crippen LogP contribution in [0.3, 0.4) is 0 Å². The number of benzene rings is 1. The summed E-state index contributed by atoms with van der Waals surface area (Å²) in [6.45, 7) is 0. The van der Waals surface area contributed by atoms with E-state index in [2.05, 4.69) is 9.97 Å². The van der Waals surface area contributed by atoms with Gasteiger partial charge in [-0.05, 0) is 12.1 Å². The molecule has 3 aromatic rings. The van der Waals surface area contributed by atoms with Crippen molar-refractivity contribution >= 4 is 33.7 Å². The van der Waals surface area contributed by atoms with Crippen molar-refractivity contribution in [2.24, 2.45) is 0 Å². The third-order valence-corrected chi connectivity index (χ3v) is 2.94. The average molecular weight is 417 g/mol. The number of hydrogen-bond acceptors (Lipinski definition) is 6. The number of nitrogens with zero attached hydrogens (tertiary/aromatic N) is 2. The maximum Gasteiger partial charge on any atom is 0.0972 e. The van der Waals surface area contributed by atoms with E-state index >= 15 is 0 Å². The van der Waals surface area contributed by atoms with E-state index in [0.29, 0.717) is 21.8 Å². The quantitative estimate of drug-likeness (QED) is 0.291. The first kappa shape index (κ1) is 31.1. The van der Waals surface area contributed by atoms with Gasteiger partial charge in [-0.3, -0.25) is 0 Å². The Balaban J connectivity index is -0.000000403. The Kier molecular flexibility index (Phi) is 14.1. The summed E-state index contributed by atoms with van der Waals surface area (Å²) >= 11 is 0. The van der Waals surface area contributed by atoms with Crippen molar-refractivity contribution in [3.63, 3.8) is 0 Å². The van der Waals surface area contributed by atoms with Gasteiger partial charge in [0.1, 0.15) is 0 Å². The molecule has 0 atom stereocenters. The van der Waals surface area contributed by atoms with Crippen LogP contribution in [0.1, 0.15) is 21.0 Å². The fraction of sp³-hybridized carbons (Fsp3) is 0. The van der Waals surface area contributed by atoms with Crippen molar-refractivity contribution < 1.29 is 64.0 Å². The summed E-state index contributed by atoms with van der Waals surface area (Å²) in [5.74, 6) is -2.81. The number of carboxylic acids is 2. The van der Waals surface area contributed by atoms with Crippen molar-refractivity contribution in [1.82, 2.24) is 9.97 Å². The molecule has 12 heteroatoms. The summed E-state index contributed by atoms with van der Waals surface area (Å²) in [4.78, 5) is 29.6. The second-order valence-electron chi connectivity index (χ2n) is 4.18. The molecule has 2 heterocycles. The van der Waals surface area contributed by atoms with Crippen molar-refractivity contribution in [1.29, 1.82) is 0 Å². The Labute approximate surface area is 156 Å². The van der Waals surface area contributed by atoms with Crippen molar-refractivity contribution in [3.05, 3.63) is 47.8 Å². The van der Waals surface area contributed by atoms with Crippen LogP contribution in [-0.4, -0.2) is 38.3 Å². The van der Waals surface area contributed by atoms with Crippen LogP contribution in [0, 0.1) is 0 Å². The Morgan fingerprint density at radius 2 is 0.923 bits per heavy atom. The summed E-state index contributed by atoms with van der Waals surface area (Å²) in [6.07, 6.45) is 0. The van der Waals surface area contributed by atoms with Gasteiger partial charge in [-0.1, -0.05) is 24.3 Å². The molecule has 0 aliphatic carbocycles. The minimum Gasteiger partial charge on any atom is -0.543 e. The van der Waals surface area contributed by atoms with E-state index in [-0.39, 0.29) is 55.5 Å². The van der Waals surface area contributed by atoms with Gasteiger partial charge in [0.2, 0.25) is 0 Å². The molecule has 26 heavy (non-hydrogen) atoms. The maximum absolute atomic E-state index is 10.9. The predicted octanol–water partition coefficient (Wildman–Crippen LogP) is -4.81. The Bertz CT molecular complexity index is 816. The van der Waals surface area contributed by atoms with E-state index < -0.39 is 11.9 Å². The molecule has 0 saturated heterocycles. The van der Waals surface area contributed by atoms with Crippen molar-refractivity contribution in [3.8, 4) is 0 Å². The molecule has 0 amide bonds. The molecule has 1 aromatic carbocycles.